The third-order valence-corrected chi connectivity index (χ3v) is 5.91. The highest BCUT2D eigenvalue weighted by Gasteiger charge is 2.27. The van der Waals surface area contributed by atoms with E-state index in [0.717, 1.165) is 36.7 Å². The summed E-state index contributed by atoms with van der Waals surface area (Å²) in [5, 5.41) is 10.6. The van der Waals surface area contributed by atoms with Crippen molar-refractivity contribution >= 4 is 32.0 Å². The van der Waals surface area contributed by atoms with Crippen molar-refractivity contribution in [3.63, 3.8) is 0 Å². The number of thiophene rings is 1. The minimum atomic E-state index is -3.69. The molecule has 108 valence electrons. The second-order valence-corrected chi connectivity index (χ2v) is 7.46. The van der Waals surface area contributed by atoms with Crippen LogP contribution in [0.2, 0.25) is 0 Å². The molecule has 0 atom stereocenters. The first-order chi connectivity index (χ1) is 8.80. The summed E-state index contributed by atoms with van der Waals surface area (Å²) < 4.78 is 25.5. The SMILES string of the molecule is CCCCCN(C)S(=O)(=O)c1cc([N+](=O)[O-])c(N)s1. The molecule has 9 heteroatoms. The van der Waals surface area contributed by atoms with Crippen LogP contribution in [0.15, 0.2) is 10.3 Å². The number of hydrogen-bond donors (Lipinski definition) is 1. The third-order valence-electron chi connectivity index (χ3n) is 2.66. The van der Waals surface area contributed by atoms with Crippen molar-refractivity contribution in [1.82, 2.24) is 4.31 Å². The van der Waals surface area contributed by atoms with Crippen molar-refractivity contribution in [2.24, 2.45) is 0 Å². The second kappa shape index (κ2) is 6.31. The number of anilines is 1. The summed E-state index contributed by atoms with van der Waals surface area (Å²) in [4.78, 5) is 9.99. The number of rotatable bonds is 7. The lowest BCUT2D eigenvalue weighted by Gasteiger charge is -2.15. The van der Waals surface area contributed by atoms with Crippen LogP contribution in [-0.4, -0.2) is 31.2 Å². The van der Waals surface area contributed by atoms with E-state index in [1.54, 1.807) is 0 Å². The molecule has 0 aliphatic heterocycles. The molecule has 0 aliphatic rings. The van der Waals surface area contributed by atoms with Gasteiger partial charge in [-0.1, -0.05) is 31.1 Å². The zero-order valence-corrected chi connectivity index (χ0v) is 12.5. The van der Waals surface area contributed by atoms with Gasteiger partial charge in [0, 0.05) is 19.7 Å². The largest absolute Gasteiger partial charge is 0.385 e. The third kappa shape index (κ3) is 3.64. The Morgan fingerprint density at radius 1 is 1.47 bits per heavy atom. The van der Waals surface area contributed by atoms with Gasteiger partial charge in [-0.05, 0) is 6.42 Å². The van der Waals surface area contributed by atoms with Crippen LogP contribution in [-0.2, 0) is 10.0 Å². The lowest BCUT2D eigenvalue weighted by atomic mass is 10.2. The molecule has 0 bridgehead atoms. The minimum Gasteiger partial charge on any atom is -0.385 e. The number of nitro groups is 1. The van der Waals surface area contributed by atoms with Gasteiger partial charge in [-0.3, -0.25) is 10.1 Å². The maximum Gasteiger partial charge on any atom is 0.304 e. The molecule has 0 amide bonds. The number of hydrogen-bond acceptors (Lipinski definition) is 6. The molecule has 0 spiro atoms. The lowest BCUT2D eigenvalue weighted by molar-refractivity contribution is -0.383. The Morgan fingerprint density at radius 2 is 2.11 bits per heavy atom. The Kier molecular flexibility index (Phi) is 5.27. The monoisotopic (exact) mass is 307 g/mol. The molecule has 7 nitrogen and oxygen atoms in total. The first-order valence-corrected chi connectivity index (χ1v) is 8.06. The molecular weight excluding hydrogens is 290 g/mol. The summed E-state index contributed by atoms with van der Waals surface area (Å²) in [6, 6.07) is 1.02. The van der Waals surface area contributed by atoms with Gasteiger partial charge in [0.05, 0.1) is 4.92 Å². The molecule has 0 radical (unpaired) electrons. The molecule has 0 saturated carbocycles. The van der Waals surface area contributed by atoms with Gasteiger partial charge in [-0.15, -0.1) is 0 Å². The van der Waals surface area contributed by atoms with Gasteiger partial charge in [0.2, 0.25) is 0 Å². The summed E-state index contributed by atoms with van der Waals surface area (Å²) in [7, 11) is -2.22. The Bertz CT molecular complexity index is 553. The number of nitrogens with two attached hydrogens (primary N) is 1. The van der Waals surface area contributed by atoms with Crippen molar-refractivity contribution in [3.05, 3.63) is 16.2 Å². The fourth-order valence-corrected chi connectivity index (χ4v) is 4.14. The van der Waals surface area contributed by atoms with Gasteiger partial charge < -0.3 is 5.73 Å². The Balaban J connectivity index is 2.94. The van der Waals surface area contributed by atoms with Crippen LogP contribution in [0.3, 0.4) is 0 Å². The Morgan fingerprint density at radius 3 is 2.58 bits per heavy atom. The van der Waals surface area contributed by atoms with Crippen molar-refractivity contribution in [1.29, 1.82) is 0 Å². The molecule has 1 aromatic heterocycles. The highest BCUT2D eigenvalue weighted by atomic mass is 32.2. The number of sulfonamides is 1. The van der Waals surface area contributed by atoms with Crippen LogP contribution in [0.4, 0.5) is 10.7 Å². The summed E-state index contributed by atoms with van der Waals surface area (Å²) >= 11 is 0.724. The summed E-state index contributed by atoms with van der Waals surface area (Å²) in [5.74, 6) is 0. The average molecular weight is 307 g/mol. The van der Waals surface area contributed by atoms with Crippen molar-refractivity contribution < 1.29 is 13.3 Å². The van der Waals surface area contributed by atoms with Crippen LogP contribution >= 0.6 is 11.3 Å². The number of nitrogens with zero attached hydrogens (tertiary/aromatic N) is 2. The summed E-state index contributed by atoms with van der Waals surface area (Å²) in [6.07, 6.45) is 2.69. The first kappa shape index (κ1) is 15.9. The van der Waals surface area contributed by atoms with E-state index in [-0.39, 0.29) is 14.9 Å². The van der Waals surface area contributed by atoms with Crippen molar-refractivity contribution in [3.8, 4) is 0 Å². The van der Waals surface area contributed by atoms with E-state index in [9.17, 15) is 18.5 Å². The topological polar surface area (TPSA) is 107 Å². The van der Waals surface area contributed by atoms with E-state index in [2.05, 4.69) is 0 Å². The van der Waals surface area contributed by atoms with Crippen LogP contribution in [0.5, 0.6) is 0 Å². The normalized spacial score (nSPS) is 11.9. The van der Waals surface area contributed by atoms with Gasteiger partial charge in [-0.2, -0.15) is 0 Å². The van der Waals surface area contributed by atoms with Gasteiger partial charge >= 0.3 is 5.69 Å². The smallest absolute Gasteiger partial charge is 0.304 e. The van der Waals surface area contributed by atoms with Gasteiger partial charge in [0.25, 0.3) is 10.0 Å². The quantitative estimate of drug-likeness (QED) is 0.471. The molecule has 0 aliphatic carbocycles. The predicted molar refractivity (Wildman–Crippen MR) is 74.7 cm³/mol. The second-order valence-electron chi connectivity index (χ2n) is 4.11. The standard InChI is InChI=1S/C10H17N3O4S2/c1-3-4-5-6-12(2)19(16,17)9-7-8(13(14)15)10(11)18-9/h7H,3-6,11H2,1-2H3. The summed E-state index contributed by atoms with van der Waals surface area (Å²) in [6.45, 7) is 2.42. The number of unbranched alkanes of at least 4 members (excludes halogenated alkanes) is 2. The van der Waals surface area contributed by atoms with Crippen LogP contribution in [0.1, 0.15) is 26.2 Å². The molecule has 1 heterocycles. The van der Waals surface area contributed by atoms with Gasteiger partial charge in [-0.25, -0.2) is 12.7 Å². The van der Waals surface area contributed by atoms with E-state index in [1.807, 2.05) is 6.92 Å². The molecule has 1 rings (SSSR count). The zero-order valence-electron chi connectivity index (χ0n) is 10.8. The molecule has 0 fully saturated rings. The fourth-order valence-electron chi connectivity index (χ4n) is 1.50. The van der Waals surface area contributed by atoms with Crippen LogP contribution < -0.4 is 5.73 Å². The average Bonchev–Trinajstić information content (AvgIpc) is 2.72. The van der Waals surface area contributed by atoms with E-state index in [0.29, 0.717) is 6.54 Å². The molecule has 2 N–H and O–H groups in total. The fraction of sp³-hybridized carbons (Fsp3) is 0.600. The van der Waals surface area contributed by atoms with Crippen LogP contribution in [0.25, 0.3) is 0 Å². The zero-order chi connectivity index (χ0) is 14.6. The molecule has 1 aromatic rings. The highest BCUT2D eigenvalue weighted by Crippen LogP contribution is 2.35. The summed E-state index contributed by atoms with van der Waals surface area (Å²) in [5.41, 5.74) is 5.10. The minimum absolute atomic E-state index is 0.0873. The van der Waals surface area contributed by atoms with E-state index in [1.165, 1.54) is 11.4 Å². The molecule has 0 unspecified atom stereocenters. The van der Waals surface area contributed by atoms with E-state index < -0.39 is 14.9 Å². The maximum atomic E-state index is 12.2. The molecular formula is C10H17N3O4S2. The van der Waals surface area contributed by atoms with Crippen LogP contribution in [0, 0.1) is 10.1 Å². The number of nitrogen functional groups attached to an aromatic ring is 1. The molecule has 19 heavy (non-hydrogen) atoms. The Labute approximate surface area is 116 Å². The maximum absolute atomic E-state index is 12.2. The van der Waals surface area contributed by atoms with Gasteiger partial charge in [0.15, 0.2) is 5.00 Å². The molecule has 0 saturated heterocycles. The van der Waals surface area contributed by atoms with E-state index >= 15 is 0 Å². The van der Waals surface area contributed by atoms with Crippen molar-refractivity contribution in [2.75, 3.05) is 19.3 Å². The van der Waals surface area contributed by atoms with E-state index in [4.69, 9.17) is 5.73 Å². The van der Waals surface area contributed by atoms with Crippen molar-refractivity contribution in [2.45, 2.75) is 30.4 Å². The first-order valence-electron chi connectivity index (χ1n) is 5.80. The highest BCUT2D eigenvalue weighted by molar-refractivity contribution is 7.91. The molecule has 0 aromatic carbocycles. The lowest BCUT2D eigenvalue weighted by Crippen LogP contribution is -2.27. The van der Waals surface area contributed by atoms with Gasteiger partial charge in [0.1, 0.15) is 4.21 Å². The predicted octanol–water partition coefficient (Wildman–Crippen LogP) is 2.05. The Hall–Kier alpha value is -1.19.